The average Bonchev–Trinajstić information content (AvgIpc) is 3.26. The number of fused-ring (bicyclic) bond motifs is 2. The number of nitriles is 1. The van der Waals surface area contributed by atoms with Crippen LogP contribution >= 0.6 is 0 Å². The Hall–Kier alpha value is -3.80. The molecule has 2 aromatic heterocycles. The summed E-state index contributed by atoms with van der Waals surface area (Å²) >= 11 is 0. The van der Waals surface area contributed by atoms with Crippen molar-refractivity contribution in [2.75, 3.05) is 18.0 Å². The minimum absolute atomic E-state index is 0.0692. The summed E-state index contributed by atoms with van der Waals surface area (Å²) in [4.78, 5) is 19.5. The second-order valence-corrected chi connectivity index (χ2v) is 8.96. The number of oxazole rings is 1. The van der Waals surface area contributed by atoms with E-state index in [1.165, 1.54) is 13.1 Å². The summed E-state index contributed by atoms with van der Waals surface area (Å²) in [5.41, 5.74) is 0.151. The van der Waals surface area contributed by atoms with Crippen LogP contribution in [0.5, 0.6) is 0 Å². The lowest BCUT2D eigenvalue weighted by molar-refractivity contribution is -0.137. The first-order chi connectivity index (χ1) is 16.1. The molecule has 0 radical (unpaired) electrons. The molecule has 4 aromatic rings. The molecule has 3 heterocycles. The van der Waals surface area contributed by atoms with E-state index in [1.807, 2.05) is 35.2 Å². The van der Waals surface area contributed by atoms with E-state index in [4.69, 9.17) is 4.42 Å². The van der Waals surface area contributed by atoms with Crippen LogP contribution in [0.4, 0.5) is 18.9 Å². The molecule has 0 N–H and O–H groups in total. The molecule has 1 saturated heterocycles. The van der Waals surface area contributed by atoms with Crippen molar-refractivity contribution in [1.29, 1.82) is 5.26 Å². The molecule has 0 amide bonds. The van der Waals surface area contributed by atoms with Gasteiger partial charge in [-0.2, -0.15) is 18.4 Å². The molecule has 6 nitrogen and oxygen atoms in total. The van der Waals surface area contributed by atoms with Gasteiger partial charge in [-0.25, -0.2) is 4.98 Å². The Morgan fingerprint density at radius 3 is 2.50 bits per heavy atom. The first-order valence-corrected chi connectivity index (χ1v) is 10.9. The number of alkyl halides is 3. The number of nitrogens with zero attached hydrogens (tertiary/aromatic N) is 4. The summed E-state index contributed by atoms with van der Waals surface area (Å²) in [5, 5.41) is 10.2. The quantitative estimate of drug-likeness (QED) is 0.410. The number of aryl methyl sites for hydroxylation is 1. The van der Waals surface area contributed by atoms with Gasteiger partial charge in [-0.05, 0) is 37.1 Å². The number of rotatable bonds is 2. The molecule has 0 saturated carbocycles. The summed E-state index contributed by atoms with van der Waals surface area (Å²) in [7, 11) is 1.38. The van der Waals surface area contributed by atoms with Crippen molar-refractivity contribution in [3.05, 3.63) is 69.8 Å². The molecule has 9 heteroatoms. The predicted octanol–water partition coefficient (Wildman–Crippen LogP) is 5.13. The zero-order chi connectivity index (χ0) is 24.3. The molecule has 0 atom stereocenters. The Morgan fingerprint density at radius 1 is 1.15 bits per heavy atom. The minimum atomic E-state index is -4.54. The molecule has 1 fully saturated rings. The number of piperidine rings is 1. The van der Waals surface area contributed by atoms with E-state index in [-0.39, 0.29) is 16.5 Å². The molecule has 2 aromatic carbocycles. The predicted molar refractivity (Wildman–Crippen MR) is 122 cm³/mol. The van der Waals surface area contributed by atoms with Crippen LogP contribution in [-0.4, -0.2) is 22.6 Å². The smallest absolute Gasteiger partial charge is 0.416 e. The van der Waals surface area contributed by atoms with Crippen molar-refractivity contribution in [1.82, 2.24) is 9.55 Å². The third kappa shape index (κ3) is 3.41. The lowest BCUT2D eigenvalue weighted by atomic mass is 9.80. The van der Waals surface area contributed by atoms with Gasteiger partial charge in [0.2, 0.25) is 5.89 Å². The van der Waals surface area contributed by atoms with Crippen molar-refractivity contribution < 1.29 is 17.6 Å². The Bertz CT molecular complexity index is 1490. The summed E-state index contributed by atoms with van der Waals surface area (Å²) in [5.74, 6) is 0.637. The van der Waals surface area contributed by atoms with Crippen LogP contribution in [0, 0.1) is 11.3 Å². The van der Waals surface area contributed by atoms with E-state index in [1.54, 1.807) is 0 Å². The zero-order valence-electron chi connectivity index (χ0n) is 18.6. The van der Waals surface area contributed by atoms with Gasteiger partial charge in [0, 0.05) is 30.9 Å². The van der Waals surface area contributed by atoms with Gasteiger partial charge >= 0.3 is 6.18 Å². The molecule has 0 unspecified atom stereocenters. The third-order valence-electron chi connectivity index (χ3n) is 6.80. The molecule has 1 aliphatic heterocycles. The molecule has 0 aliphatic carbocycles. The summed E-state index contributed by atoms with van der Waals surface area (Å²) in [6.45, 7) is 3.05. The zero-order valence-corrected chi connectivity index (χ0v) is 18.6. The summed E-state index contributed by atoms with van der Waals surface area (Å²) in [6, 6.07) is 12.8. The van der Waals surface area contributed by atoms with Crippen molar-refractivity contribution in [3.63, 3.8) is 0 Å². The Labute approximate surface area is 192 Å². The Balaban J connectivity index is 1.55. The van der Waals surface area contributed by atoms with Crippen molar-refractivity contribution in [2.45, 2.75) is 31.4 Å². The first-order valence-electron chi connectivity index (χ1n) is 10.9. The van der Waals surface area contributed by atoms with Gasteiger partial charge in [0.25, 0.3) is 5.56 Å². The van der Waals surface area contributed by atoms with Crippen LogP contribution < -0.4 is 10.5 Å². The minimum Gasteiger partial charge on any atom is -0.440 e. The number of para-hydroxylation sites is 2. The van der Waals surface area contributed by atoms with E-state index in [0.717, 1.165) is 22.2 Å². The Kier molecular flexibility index (Phi) is 4.93. The lowest BCUT2D eigenvalue weighted by Gasteiger charge is -2.39. The van der Waals surface area contributed by atoms with Gasteiger partial charge in [-0.3, -0.25) is 4.79 Å². The highest BCUT2D eigenvalue weighted by Gasteiger charge is 2.38. The van der Waals surface area contributed by atoms with E-state index >= 15 is 0 Å². The van der Waals surface area contributed by atoms with E-state index in [2.05, 4.69) is 11.9 Å². The first kappa shape index (κ1) is 22.0. The molecule has 34 heavy (non-hydrogen) atoms. The van der Waals surface area contributed by atoms with Gasteiger partial charge < -0.3 is 13.9 Å². The fourth-order valence-corrected chi connectivity index (χ4v) is 4.70. The van der Waals surface area contributed by atoms with Crippen LogP contribution in [0.25, 0.3) is 22.0 Å². The number of hydrogen-bond donors (Lipinski definition) is 0. The molecular formula is C25H21F3N4O2. The second kappa shape index (κ2) is 7.62. The van der Waals surface area contributed by atoms with Crippen LogP contribution in [0.3, 0.4) is 0 Å². The van der Waals surface area contributed by atoms with Gasteiger partial charge in [0.15, 0.2) is 5.58 Å². The molecule has 0 spiro atoms. The highest BCUT2D eigenvalue weighted by atomic mass is 19.4. The van der Waals surface area contributed by atoms with Crippen molar-refractivity contribution >= 4 is 27.7 Å². The number of anilines is 1. The highest BCUT2D eigenvalue weighted by Crippen LogP contribution is 2.40. The number of halogens is 3. The number of aromatic nitrogens is 2. The monoisotopic (exact) mass is 466 g/mol. The van der Waals surface area contributed by atoms with Gasteiger partial charge in [0.1, 0.15) is 17.1 Å². The topological polar surface area (TPSA) is 75.1 Å². The number of benzene rings is 2. The second-order valence-electron chi connectivity index (χ2n) is 8.96. The lowest BCUT2D eigenvalue weighted by Crippen LogP contribution is -2.42. The maximum atomic E-state index is 13.3. The van der Waals surface area contributed by atoms with Crippen LogP contribution in [0.15, 0.2) is 51.7 Å². The van der Waals surface area contributed by atoms with Crippen molar-refractivity contribution in [3.8, 4) is 6.07 Å². The standard InChI is InChI=1S/C25H21F3N4O2/c1-24(23-30-18-5-3-4-6-20(18)34-23)9-11-32(12-10-24)21-16-8-7-15(25(26,27)28)13-19(16)31(2)22(33)17(21)14-29/h3-8,13H,9-12H2,1-2H3. The third-order valence-corrected chi connectivity index (χ3v) is 6.80. The number of hydrogen-bond acceptors (Lipinski definition) is 5. The number of pyridine rings is 1. The maximum absolute atomic E-state index is 13.3. The van der Waals surface area contributed by atoms with Crippen LogP contribution in [-0.2, 0) is 18.6 Å². The van der Waals surface area contributed by atoms with Crippen LogP contribution in [0.1, 0.15) is 36.8 Å². The van der Waals surface area contributed by atoms with Gasteiger partial charge in [0.05, 0.1) is 16.8 Å². The molecule has 1 aliphatic rings. The summed E-state index contributed by atoms with van der Waals surface area (Å²) in [6.07, 6.45) is -3.26. The summed E-state index contributed by atoms with van der Waals surface area (Å²) < 4.78 is 47.0. The van der Waals surface area contributed by atoms with Crippen LogP contribution in [0.2, 0.25) is 0 Å². The fraction of sp³-hybridized carbons (Fsp3) is 0.320. The Morgan fingerprint density at radius 2 is 1.85 bits per heavy atom. The largest absolute Gasteiger partial charge is 0.440 e. The van der Waals surface area contributed by atoms with Gasteiger partial charge in [-0.15, -0.1) is 0 Å². The van der Waals surface area contributed by atoms with E-state index < -0.39 is 17.3 Å². The highest BCUT2D eigenvalue weighted by molar-refractivity contribution is 5.95. The SMILES string of the molecule is Cn1c(=O)c(C#N)c(N2CCC(C)(c3nc4ccccc4o3)CC2)c2ccc(C(F)(F)F)cc21. The molecule has 174 valence electrons. The molecule has 5 rings (SSSR count). The molecular weight excluding hydrogens is 445 g/mol. The molecule has 0 bridgehead atoms. The van der Waals surface area contributed by atoms with Crippen molar-refractivity contribution in [2.24, 2.45) is 7.05 Å². The normalized spacial score (nSPS) is 16.2. The van der Waals surface area contributed by atoms with Gasteiger partial charge in [-0.1, -0.05) is 25.1 Å². The average molecular weight is 466 g/mol. The van der Waals surface area contributed by atoms with E-state index in [0.29, 0.717) is 48.5 Å². The van der Waals surface area contributed by atoms with E-state index in [9.17, 15) is 23.2 Å². The fourth-order valence-electron chi connectivity index (χ4n) is 4.70. The maximum Gasteiger partial charge on any atom is 0.416 e.